The monoisotopic (exact) mass is 383 g/mol. The topological polar surface area (TPSA) is 22.1 Å². The maximum Gasteiger partial charge on any atom is 0.144 e. The third kappa shape index (κ3) is 1.92. The Morgan fingerprint density at radius 1 is 1.25 bits per heavy atom. The van der Waals surface area contributed by atoms with Crippen molar-refractivity contribution in [1.29, 1.82) is 0 Å². The van der Waals surface area contributed by atoms with Gasteiger partial charge in [0.25, 0.3) is 0 Å². The Hall–Kier alpha value is -0.0300. The fraction of sp³-hybridized carbons (Fsp3) is 0.100. The lowest BCUT2D eigenvalue weighted by Gasteiger charge is -2.11. The van der Waals surface area contributed by atoms with Crippen molar-refractivity contribution in [2.24, 2.45) is 0 Å². The molecule has 0 aliphatic heterocycles. The number of halogens is 4. The van der Waals surface area contributed by atoms with Gasteiger partial charge in [-0.25, -0.2) is 0 Å². The van der Waals surface area contributed by atoms with Gasteiger partial charge in [0.05, 0.1) is 32.5 Å². The Morgan fingerprint density at radius 2 is 1.94 bits per heavy atom. The molecule has 0 unspecified atom stereocenters. The quantitative estimate of drug-likeness (QED) is 0.683. The van der Waals surface area contributed by atoms with Crippen molar-refractivity contribution in [1.82, 2.24) is 4.98 Å². The summed E-state index contributed by atoms with van der Waals surface area (Å²) in [5.41, 5.74) is 0.717. The number of hydrogen-bond acceptors (Lipinski definition) is 2. The summed E-state index contributed by atoms with van der Waals surface area (Å²) in [5.74, 6) is 0.623. The van der Waals surface area contributed by atoms with Gasteiger partial charge in [0.2, 0.25) is 0 Å². The molecule has 6 heteroatoms. The first-order chi connectivity index (χ1) is 7.56. The molecule has 1 heterocycles. The van der Waals surface area contributed by atoms with Crippen LogP contribution in [0.1, 0.15) is 0 Å². The van der Waals surface area contributed by atoms with Gasteiger partial charge in [-0.05, 0) is 37.9 Å². The Kier molecular flexibility index (Phi) is 3.64. The van der Waals surface area contributed by atoms with Crippen LogP contribution in [-0.4, -0.2) is 12.1 Å². The minimum atomic E-state index is 0.400. The maximum absolute atomic E-state index is 6.16. The normalized spacial score (nSPS) is 10.8. The van der Waals surface area contributed by atoms with Crippen molar-refractivity contribution in [2.45, 2.75) is 0 Å². The molecular formula is C10H5Br2Cl2NO. The SMILES string of the molecule is COc1c(Br)cc(Br)c2ncc(Cl)c(Cl)c12. The number of fused-ring (bicyclic) bond motifs is 1. The van der Waals surface area contributed by atoms with Gasteiger partial charge in [0, 0.05) is 10.7 Å². The van der Waals surface area contributed by atoms with Crippen LogP contribution in [0, 0.1) is 0 Å². The first-order valence-corrected chi connectivity index (χ1v) is 6.56. The molecule has 0 radical (unpaired) electrons. The standard InChI is InChI=1S/C10H5Br2Cl2NO/c1-16-10-5(12)2-4(11)9-7(10)8(14)6(13)3-15-9/h2-3H,1H3. The van der Waals surface area contributed by atoms with Crippen LogP contribution in [0.3, 0.4) is 0 Å². The third-order valence-electron chi connectivity index (χ3n) is 2.10. The minimum Gasteiger partial charge on any atom is -0.495 e. The van der Waals surface area contributed by atoms with E-state index in [2.05, 4.69) is 36.8 Å². The Bertz CT molecular complexity index is 574. The predicted octanol–water partition coefficient (Wildman–Crippen LogP) is 5.08. The van der Waals surface area contributed by atoms with Crippen molar-refractivity contribution in [3.05, 3.63) is 31.3 Å². The van der Waals surface area contributed by atoms with Gasteiger partial charge in [-0.1, -0.05) is 23.2 Å². The molecule has 1 aromatic heterocycles. The zero-order valence-electron chi connectivity index (χ0n) is 8.02. The number of nitrogens with zero attached hydrogens (tertiary/aromatic N) is 1. The average molecular weight is 386 g/mol. The molecule has 0 aliphatic rings. The van der Waals surface area contributed by atoms with Gasteiger partial charge in [-0.15, -0.1) is 0 Å². The van der Waals surface area contributed by atoms with Gasteiger partial charge < -0.3 is 4.74 Å². The van der Waals surface area contributed by atoms with E-state index >= 15 is 0 Å². The first kappa shape index (κ1) is 12.4. The molecule has 84 valence electrons. The summed E-state index contributed by atoms with van der Waals surface area (Å²) in [7, 11) is 1.57. The highest BCUT2D eigenvalue weighted by Crippen LogP contribution is 2.42. The zero-order valence-corrected chi connectivity index (χ0v) is 12.7. The van der Waals surface area contributed by atoms with E-state index in [1.807, 2.05) is 6.07 Å². The Labute approximate surface area is 119 Å². The predicted molar refractivity (Wildman–Crippen MR) is 73.7 cm³/mol. The molecule has 0 bridgehead atoms. The van der Waals surface area contributed by atoms with Gasteiger partial charge in [0.1, 0.15) is 5.75 Å². The Morgan fingerprint density at radius 3 is 2.56 bits per heavy atom. The van der Waals surface area contributed by atoms with Crippen LogP contribution in [0.4, 0.5) is 0 Å². The molecular weight excluding hydrogens is 381 g/mol. The summed E-state index contributed by atoms with van der Waals surface area (Å²) in [4.78, 5) is 4.23. The van der Waals surface area contributed by atoms with Gasteiger partial charge in [0.15, 0.2) is 0 Å². The molecule has 0 saturated heterocycles. The molecule has 2 rings (SSSR count). The van der Waals surface area contributed by atoms with E-state index in [1.165, 1.54) is 6.20 Å². The maximum atomic E-state index is 6.16. The highest BCUT2D eigenvalue weighted by atomic mass is 79.9. The number of methoxy groups -OCH3 is 1. The molecule has 2 nitrogen and oxygen atoms in total. The summed E-state index contributed by atoms with van der Waals surface area (Å²) >= 11 is 18.9. The number of hydrogen-bond donors (Lipinski definition) is 0. The smallest absolute Gasteiger partial charge is 0.144 e. The van der Waals surface area contributed by atoms with Crippen LogP contribution in [-0.2, 0) is 0 Å². The van der Waals surface area contributed by atoms with E-state index in [4.69, 9.17) is 27.9 Å². The second-order valence-electron chi connectivity index (χ2n) is 3.02. The lowest BCUT2D eigenvalue weighted by Crippen LogP contribution is -1.91. The van der Waals surface area contributed by atoms with E-state index in [-0.39, 0.29) is 0 Å². The summed E-state index contributed by atoms with van der Waals surface area (Å²) < 4.78 is 6.92. The summed E-state index contributed by atoms with van der Waals surface area (Å²) in [6, 6.07) is 1.86. The van der Waals surface area contributed by atoms with Crippen LogP contribution >= 0.6 is 55.1 Å². The number of benzene rings is 1. The Balaban J connectivity index is 3.01. The number of rotatable bonds is 1. The van der Waals surface area contributed by atoms with E-state index in [9.17, 15) is 0 Å². The van der Waals surface area contributed by atoms with E-state index in [1.54, 1.807) is 7.11 Å². The highest BCUT2D eigenvalue weighted by molar-refractivity contribution is 9.11. The van der Waals surface area contributed by atoms with Crippen LogP contribution in [0.15, 0.2) is 21.2 Å². The number of pyridine rings is 1. The molecule has 0 spiro atoms. The second-order valence-corrected chi connectivity index (χ2v) is 5.51. The average Bonchev–Trinajstić information content (AvgIpc) is 2.24. The van der Waals surface area contributed by atoms with Gasteiger partial charge in [-0.3, -0.25) is 4.98 Å². The second kappa shape index (κ2) is 4.69. The molecule has 0 aliphatic carbocycles. The third-order valence-corrected chi connectivity index (χ3v) is 4.07. The fourth-order valence-electron chi connectivity index (χ4n) is 1.42. The molecule has 16 heavy (non-hydrogen) atoms. The lowest BCUT2D eigenvalue weighted by atomic mass is 10.2. The van der Waals surface area contributed by atoms with Crippen molar-refractivity contribution < 1.29 is 4.74 Å². The van der Waals surface area contributed by atoms with Crippen LogP contribution in [0.25, 0.3) is 10.9 Å². The summed E-state index contributed by atoms with van der Waals surface area (Å²) in [6.07, 6.45) is 1.52. The van der Waals surface area contributed by atoms with Crippen molar-refractivity contribution in [2.75, 3.05) is 7.11 Å². The summed E-state index contributed by atoms with van der Waals surface area (Å²) in [6.45, 7) is 0. The van der Waals surface area contributed by atoms with Crippen LogP contribution in [0.5, 0.6) is 5.75 Å². The molecule has 0 N–H and O–H groups in total. The van der Waals surface area contributed by atoms with Gasteiger partial charge in [-0.2, -0.15) is 0 Å². The largest absolute Gasteiger partial charge is 0.495 e. The first-order valence-electron chi connectivity index (χ1n) is 4.22. The molecule has 0 fully saturated rings. The van der Waals surface area contributed by atoms with E-state index < -0.39 is 0 Å². The summed E-state index contributed by atoms with van der Waals surface area (Å²) in [5, 5.41) is 1.53. The number of ether oxygens (including phenoxy) is 1. The van der Waals surface area contributed by atoms with Gasteiger partial charge >= 0.3 is 0 Å². The molecule has 1 aromatic carbocycles. The fourth-order valence-corrected chi connectivity index (χ4v) is 3.21. The highest BCUT2D eigenvalue weighted by Gasteiger charge is 2.16. The minimum absolute atomic E-state index is 0.400. The van der Waals surface area contributed by atoms with Crippen LogP contribution < -0.4 is 4.74 Å². The van der Waals surface area contributed by atoms with Crippen molar-refractivity contribution >= 4 is 66.0 Å². The molecule has 0 amide bonds. The molecule has 0 atom stereocenters. The van der Waals surface area contributed by atoms with Crippen molar-refractivity contribution in [3.8, 4) is 5.75 Å². The van der Waals surface area contributed by atoms with Crippen LogP contribution in [0.2, 0.25) is 10.0 Å². The number of aromatic nitrogens is 1. The lowest BCUT2D eigenvalue weighted by molar-refractivity contribution is 0.417. The van der Waals surface area contributed by atoms with Crippen molar-refractivity contribution in [3.63, 3.8) is 0 Å². The molecule has 2 aromatic rings. The zero-order chi connectivity index (χ0) is 11.9. The van der Waals surface area contributed by atoms with E-state index in [0.29, 0.717) is 21.2 Å². The van der Waals surface area contributed by atoms with E-state index in [0.717, 1.165) is 14.5 Å². The molecule has 0 saturated carbocycles.